The van der Waals surface area contributed by atoms with Crippen LogP contribution in [0.5, 0.6) is 5.88 Å². The van der Waals surface area contributed by atoms with Crippen molar-refractivity contribution < 1.29 is 9.84 Å². The molecule has 0 amide bonds. The van der Waals surface area contributed by atoms with Crippen LogP contribution in [-0.2, 0) is 13.0 Å². The van der Waals surface area contributed by atoms with Gasteiger partial charge in [-0.3, -0.25) is 4.68 Å². The summed E-state index contributed by atoms with van der Waals surface area (Å²) in [5.41, 5.74) is 1.79. The quantitative estimate of drug-likeness (QED) is 0.871. The van der Waals surface area contributed by atoms with Gasteiger partial charge in [-0.15, -0.1) is 0 Å². The number of nitrogens with zero attached hydrogens (tertiary/aromatic N) is 3. The van der Waals surface area contributed by atoms with Gasteiger partial charge in [-0.2, -0.15) is 5.10 Å². The van der Waals surface area contributed by atoms with E-state index in [0.29, 0.717) is 12.3 Å². The van der Waals surface area contributed by atoms with Crippen molar-refractivity contribution >= 4 is 0 Å². The third-order valence-electron chi connectivity index (χ3n) is 2.79. The zero-order valence-corrected chi connectivity index (χ0v) is 10.6. The van der Waals surface area contributed by atoms with E-state index in [1.807, 2.05) is 23.9 Å². The fraction of sp³-hybridized carbons (Fsp3) is 0.385. The molecule has 2 rings (SSSR count). The highest BCUT2D eigenvalue weighted by molar-refractivity contribution is 5.21. The number of ether oxygens (including phenoxy) is 1. The number of methoxy groups -OCH3 is 1. The topological polar surface area (TPSA) is 60.2 Å². The third kappa shape index (κ3) is 2.87. The van der Waals surface area contributed by atoms with Crippen molar-refractivity contribution in [1.82, 2.24) is 14.8 Å². The predicted molar refractivity (Wildman–Crippen MR) is 67.4 cm³/mol. The molecular formula is C13H17N3O2. The smallest absolute Gasteiger partial charge is 0.212 e. The number of hydrogen-bond acceptors (Lipinski definition) is 4. The van der Waals surface area contributed by atoms with Gasteiger partial charge in [-0.05, 0) is 24.1 Å². The summed E-state index contributed by atoms with van der Waals surface area (Å²) in [5.74, 6) is 0.546. The van der Waals surface area contributed by atoms with Crippen LogP contribution in [0, 0.1) is 0 Å². The second-order valence-electron chi connectivity index (χ2n) is 4.06. The van der Waals surface area contributed by atoms with Crippen LogP contribution in [-0.4, -0.2) is 27.0 Å². The maximum Gasteiger partial charge on any atom is 0.212 e. The SMILES string of the molecule is CCn1cc(CC(O)c2ccc(OC)nc2)cn1. The summed E-state index contributed by atoms with van der Waals surface area (Å²) in [6.07, 6.45) is 5.32. The van der Waals surface area contributed by atoms with E-state index in [2.05, 4.69) is 10.1 Å². The minimum Gasteiger partial charge on any atom is -0.481 e. The zero-order chi connectivity index (χ0) is 13.0. The molecule has 1 unspecified atom stereocenters. The average molecular weight is 247 g/mol. The Labute approximate surface area is 106 Å². The molecule has 0 spiro atoms. The molecule has 0 radical (unpaired) electrons. The van der Waals surface area contributed by atoms with Crippen LogP contribution in [0.2, 0.25) is 0 Å². The lowest BCUT2D eigenvalue weighted by atomic mass is 10.1. The van der Waals surface area contributed by atoms with Gasteiger partial charge in [-0.1, -0.05) is 0 Å². The molecule has 2 heterocycles. The largest absolute Gasteiger partial charge is 0.481 e. The van der Waals surface area contributed by atoms with Crippen molar-refractivity contribution in [2.75, 3.05) is 7.11 Å². The molecule has 0 saturated heterocycles. The Hall–Kier alpha value is -1.88. The Morgan fingerprint density at radius 2 is 2.22 bits per heavy atom. The van der Waals surface area contributed by atoms with Crippen molar-refractivity contribution in [2.45, 2.75) is 26.0 Å². The number of aromatic nitrogens is 3. The normalized spacial score (nSPS) is 12.4. The summed E-state index contributed by atoms with van der Waals surface area (Å²) >= 11 is 0. The molecule has 0 aromatic carbocycles. The molecular weight excluding hydrogens is 230 g/mol. The Morgan fingerprint density at radius 3 is 2.78 bits per heavy atom. The monoisotopic (exact) mass is 247 g/mol. The molecule has 5 nitrogen and oxygen atoms in total. The Bertz CT molecular complexity index is 493. The first kappa shape index (κ1) is 12.6. The van der Waals surface area contributed by atoms with Gasteiger partial charge in [0.15, 0.2) is 0 Å². The minimum absolute atomic E-state index is 0.536. The maximum atomic E-state index is 10.1. The number of rotatable bonds is 5. The van der Waals surface area contributed by atoms with E-state index in [4.69, 9.17) is 4.74 Å². The average Bonchev–Trinajstić information content (AvgIpc) is 2.86. The van der Waals surface area contributed by atoms with E-state index in [0.717, 1.165) is 17.7 Å². The summed E-state index contributed by atoms with van der Waals surface area (Å²) in [7, 11) is 1.57. The van der Waals surface area contributed by atoms with Crippen LogP contribution < -0.4 is 4.74 Å². The van der Waals surface area contributed by atoms with E-state index in [1.165, 1.54) is 0 Å². The molecule has 0 fully saturated rings. The Morgan fingerprint density at radius 1 is 1.39 bits per heavy atom. The van der Waals surface area contributed by atoms with Crippen LogP contribution in [0.25, 0.3) is 0 Å². The highest BCUT2D eigenvalue weighted by Crippen LogP contribution is 2.18. The van der Waals surface area contributed by atoms with Gasteiger partial charge in [0.2, 0.25) is 5.88 Å². The van der Waals surface area contributed by atoms with Crippen LogP contribution in [0.1, 0.15) is 24.2 Å². The van der Waals surface area contributed by atoms with Crippen molar-refractivity contribution in [3.05, 3.63) is 41.9 Å². The van der Waals surface area contributed by atoms with Crippen molar-refractivity contribution in [3.8, 4) is 5.88 Å². The minimum atomic E-state index is -0.571. The van der Waals surface area contributed by atoms with Crippen LogP contribution in [0.3, 0.4) is 0 Å². The van der Waals surface area contributed by atoms with Crippen molar-refractivity contribution in [3.63, 3.8) is 0 Å². The number of aliphatic hydroxyl groups excluding tert-OH is 1. The fourth-order valence-electron chi connectivity index (χ4n) is 1.74. The molecule has 18 heavy (non-hydrogen) atoms. The Balaban J connectivity index is 2.03. The second kappa shape index (κ2) is 5.64. The van der Waals surface area contributed by atoms with Crippen LogP contribution >= 0.6 is 0 Å². The van der Waals surface area contributed by atoms with Crippen molar-refractivity contribution in [2.24, 2.45) is 0 Å². The van der Waals surface area contributed by atoms with Gasteiger partial charge in [0, 0.05) is 31.4 Å². The summed E-state index contributed by atoms with van der Waals surface area (Å²) in [4.78, 5) is 4.08. The van der Waals surface area contributed by atoms with Crippen LogP contribution in [0.15, 0.2) is 30.7 Å². The maximum absolute atomic E-state index is 10.1. The first-order valence-electron chi connectivity index (χ1n) is 5.92. The standard InChI is InChI=1S/C13H17N3O2/c1-3-16-9-10(7-15-16)6-12(17)11-4-5-13(18-2)14-8-11/h4-5,7-9,12,17H,3,6H2,1-2H3. The molecule has 1 atom stereocenters. The molecule has 2 aromatic heterocycles. The highest BCUT2D eigenvalue weighted by atomic mass is 16.5. The molecule has 0 aliphatic rings. The molecule has 2 aromatic rings. The molecule has 96 valence electrons. The summed E-state index contributed by atoms with van der Waals surface area (Å²) in [5, 5.41) is 14.3. The van der Waals surface area contributed by atoms with Gasteiger partial charge >= 0.3 is 0 Å². The highest BCUT2D eigenvalue weighted by Gasteiger charge is 2.10. The lowest BCUT2D eigenvalue weighted by Crippen LogP contribution is -2.02. The fourth-order valence-corrected chi connectivity index (χ4v) is 1.74. The van der Waals surface area contributed by atoms with E-state index in [1.54, 1.807) is 25.6 Å². The molecule has 0 aliphatic carbocycles. The molecule has 0 aliphatic heterocycles. The van der Waals surface area contributed by atoms with E-state index in [-0.39, 0.29) is 0 Å². The number of pyridine rings is 1. The lowest BCUT2D eigenvalue weighted by Gasteiger charge is -2.09. The first-order valence-corrected chi connectivity index (χ1v) is 5.92. The van der Waals surface area contributed by atoms with Crippen molar-refractivity contribution in [1.29, 1.82) is 0 Å². The number of aliphatic hydroxyl groups is 1. The molecule has 5 heteroatoms. The number of hydrogen-bond donors (Lipinski definition) is 1. The zero-order valence-electron chi connectivity index (χ0n) is 10.6. The summed E-state index contributed by atoms with van der Waals surface area (Å²) in [6.45, 7) is 2.86. The third-order valence-corrected chi connectivity index (χ3v) is 2.79. The van der Waals surface area contributed by atoms with Gasteiger partial charge in [0.1, 0.15) is 0 Å². The second-order valence-corrected chi connectivity index (χ2v) is 4.06. The number of aryl methyl sites for hydroxylation is 1. The van der Waals surface area contributed by atoms with E-state index in [9.17, 15) is 5.11 Å². The van der Waals surface area contributed by atoms with Gasteiger partial charge in [0.05, 0.1) is 19.4 Å². The summed E-state index contributed by atoms with van der Waals surface area (Å²) < 4.78 is 6.82. The predicted octanol–water partition coefficient (Wildman–Crippen LogP) is 1.58. The molecule has 1 N–H and O–H groups in total. The molecule has 0 bridgehead atoms. The van der Waals surface area contributed by atoms with E-state index >= 15 is 0 Å². The lowest BCUT2D eigenvalue weighted by molar-refractivity contribution is 0.178. The van der Waals surface area contributed by atoms with Crippen LogP contribution in [0.4, 0.5) is 0 Å². The summed E-state index contributed by atoms with van der Waals surface area (Å²) in [6, 6.07) is 3.56. The van der Waals surface area contributed by atoms with E-state index < -0.39 is 6.10 Å². The van der Waals surface area contributed by atoms with Gasteiger partial charge < -0.3 is 9.84 Å². The Kier molecular flexibility index (Phi) is 3.94. The van der Waals surface area contributed by atoms with Gasteiger partial charge in [-0.25, -0.2) is 4.98 Å². The first-order chi connectivity index (χ1) is 8.72. The molecule has 0 saturated carbocycles. The van der Waals surface area contributed by atoms with Gasteiger partial charge in [0.25, 0.3) is 0 Å².